The quantitative estimate of drug-likeness (QED) is 0.305. The van der Waals surface area contributed by atoms with Gasteiger partial charge in [0.15, 0.2) is 5.82 Å². The summed E-state index contributed by atoms with van der Waals surface area (Å²) in [7, 11) is 0.278. The first-order valence-corrected chi connectivity index (χ1v) is 16.2. The highest BCUT2D eigenvalue weighted by Crippen LogP contribution is 2.53. The first kappa shape index (κ1) is 31.1. The van der Waals surface area contributed by atoms with E-state index in [-0.39, 0.29) is 23.2 Å². The predicted octanol–water partition coefficient (Wildman–Crippen LogP) is 3.87. The fraction of sp³-hybridized carbons (Fsp3) is 0.400. The first-order chi connectivity index (χ1) is 20.4. The molecule has 13 heteroatoms. The highest BCUT2D eigenvalue weighted by molar-refractivity contribution is 7.99. The van der Waals surface area contributed by atoms with Gasteiger partial charge in [-0.3, -0.25) is 4.79 Å². The molecule has 2 aromatic heterocycles. The number of carbonyl (C=O) groups excluding carboxylic acids is 1. The molecule has 1 aliphatic carbocycles. The van der Waals surface area contributed by atoms with Crippen molar-refractivity contribution in [2.75, 3.05) is 36.5 Å². The largest absolute Gasteiger partial charge is 0.382 e. The van der Waals surface area contributed by atoms with Crippen LogP contribution < -0.4 is 26.4 Å². The van der Waals surface area contributed by atoms with E-state index < -0.39 is 15.7 Å². The topological polar surface area (TPSA) is 152 Å². The number of amides is 1. The standard InChI is InChI=1S/C30H35ClN8O2S2/c1-29(2,3)43(41)38-25-20-15-18(6-8-23(40)34-4)5-7-19(20)16-30(25)10-13-39(14-11-30)22-17-36-28(27(33)37-22)42-21-9-12-35-26(32)24(21)31/h5,7,9,12,15,17,25,38H,10-11,13-14,16H2,1-4H3,(H2,32,35)(H2,33,37)(H,34,40)/t25-,43-/m1/s1. The highest BCUT2D eigenvalue weighted by atomic mass is 35.5. The molecule has 10 nitrogen and oxygen atoms in total. The van der Waals surface area contributed by atoms with Gasteiger partial charge in [-0.2, -0.15) is 0 Å². The molecule has 0 bridgehead atoms. The molecule has 6 N–H and O–H groups in total. The van der Waals surface area contributed by atoms with Crippen LogP contribution in [0.15, 0.2) is 46.6 Å². The molecule has 1 fully saturated rings. The van der Waals surface area contributed by atoms with Crippen LogP contribution >= 0.6 is 23.4 Å². The van der Waals surface area contributed by atoms with Crippen LogP contribution in [-0.2, 0) is 22.2 Å². The van der Waals surface area contributed by atoms with Crippen LogP contribution in [0, 0.1) is 17.3 Å². The Morgan fingerprint density at radius 2 is 1.93 bits per heavy atom. The Labute approximate surface area is 263 Å². The van der Waals surface area contributed by atoms with Gasteiger partial charge in [0, 0.05) is 42.7 Å². The molecular weight excluding hydrogens is 604 g/mol. The fourth-order valence-electron chi connectivity index (χ4n) is 5.46. The number of fused-ring (bicyclic) bond motifs is 1. The predicted molar refractivity (Wildman–Crippen MR) is 173 cm³/mol. The van der Waals surface area contributed by atoms with E-state index in [0.717, 1.165) is 43.5 Å². The number of piperidine rings is 1. The number of nitrogen functional groups attached to an aromatic ring is 2. The van der Waals surface area contributed by atoms with Crippen molar-refractivity contribution in [1.82, 2.24) is 25.0 Å². The number of benzene rings is 1. The first-order valence-electron chi connectivity index (χ1n) is 13.9. The molecule has 0 saturated carbocycles. The second-order valence-electron chi connectivity index (χ2n) is 11.7. The van der Waals surface area contributed by atoms with Crippen molar-refractivity contribution in [3.8, 4) is 11.8 Å². The Bertz CT molecular complexity index is 1640. The molecule has 3 aromatic rings. The molecule has 2 atom stereocenters. The molecule has 3 heterocycles. The average Bonchev–Trinajstić information content (AvgIpc) is 3.26. The average molecular weight is 639 g/mol. The number of halogens is 1. The third-order valence-electron chi connectivity index (χ3n) is 7.86. The minimum Gasteiger partial charge on any atom is -0.382 e. The molecule has 1 spiro atoms. The van der Waals surface area contributed by atoms with Gasteiger partial charge in [0.05, 0.1) is 33.0 Å². The number of nitrogens with one attached hydrogen (secondary N) is 2. The van der Waals surface area contributed by atoms with Crippen molar-refractivity contribution in [1.29, 1.82) is 0 Å². The van der Waals surface area contributed by atoms with Crippen molar-refractivity contribution in [2.45, 2.75) is 60.7 Å². The molecule has 0 unspecified atom stereocenters. The van der Waals surface area contributed by atoms with Crippen molar-refractivity contribution < 1.29 is 9.00 Å². The van der Waals surface area contributed by atoms with Crippen LogP contribution in [0.4, 0.5) is 17.5 Å². The lowest BCUT2D eigenvalue weighted by molar-refractivity contribution is -0.115. The van der Waals surface area contributed by atoms with Crippen LogP contribution in [0.25, 0.3) is 0 Å². The van der Waals surface area contributed by atoms with E-state index in [4.69, 9.17) is 23.1 Å². The summed E-state index contributed by atoms with van der Waals surface area (Å²) in [4.78, 5) is 27.9. The van der Waals surface area contributed by atoms with E-state index in [1.54, 1.807) is 25.5 Å². The number of anilines is 3. The Morgan fingerprint density at radius 1 is 1.19 bits per heavy atom. The van der Waals surface area contributed by atoms with Gasteiger partial charge in [0.2, 0.25) is 0 Å². The molecule has 43 heavy (non-hydrogen) atoms. The van der Waals surface area contributed by atoms with Gasteiger partial charge < -0.3 is 21.7 Å². The van der Waals surface area contributed by atoms with Crippen LogP contribution in [0.5, 0.6) is 0 Å². The van der Waals surface area contributed by atoms with E-state index in [9.17, 15) is 9.00 Å². The van der Waals surface area contributed by atoms with Crippen LogP contribution in [-0.4, -0.2) is 50.0 Å². The van der Waals surface area contributed by atoms with Crippen molar-refractivity contribution in [3.63, 3.8) is 0 Å². The lowest BCUT2D eigenvalue weighted by Gasteiger charge is -2.44. The summed E-state index contributed by atoms with van der Waals surface area (Å²) in [5, 5.41) is 3.43. The Balaban J connectivity index is 1.36. The number of aromatic nitrogens is 3. The summed E-state index contributed by atoms with van der Waals surface area (Å²) >= 11 is 7.60. The second-order valence-corrected chi connectivity index (χ2v) is 15.1. The van der Waals surface area contributed by atoms with Crippen LogP contribution in [0.1, 0.15) is 56.3 Å². The molecule has 1 saturated heterocycles. The van der Waals surface area contributed by atoms with Gasteiger partial charge in [0.1, 0.15) is 16.7 Å². The zero-order valence-electron chi connectivity index (χ0n) is 24.5. The van der Waals surface area contributed by atoms with Gasteiger partial charge in [0.25, 0.3) is 5.91 Å². The SMILES string of the molecule is CNC(=O)C#Cc1ccc2c(c1)[C@@H](N[S@](=O)C(C)(C)C)C1(CCN(c3cnc(Sc4ccnc(N)c4Cl)c(N)n3)CC1)C2. The van der Waals surface area contributed by atoms with Gasteiger partial charge in [-0.15, -0.1) is 0 Å². The fourth-order valence-corrected chi connectivity index (χ4v) is 7.42. The molecule has 226 valence electrons. The molecule has 2 aliphatic rings. The number of carbonyl (C=O) groups is 1. The maximum Gasteiger partial charge on any atom is 0.295 e. The zero-order chi connectivity index (χ0) is 30.9. The summed E-state index contributed by atoms with van der Waals surface area (Å²) in [5.41, 5.74) is 15.1. The number of pyridine rings is 1. The monoisotopic (exact) mass is 638 g/mol. The lowest BCUT2D eigenvalue weighted by Crippen LogP contribution is -2.48. The smallest absolute Gasteiger partial charge is 0.295 e. The van der Waals surface area contributed by atoms with Crippen LogP contribution in [0.2, 0.25) is 5.02 Å². The minimum atomic E-state index is -1.28. The Morgan fingerprint density at radius 3 is 2.60 bits per heavy atom. The summed E-state index contributed by atoms with van der Waals surface area (Å²) < 4.78 is 16.4. The lowest BCUT2D eigenvalue weighted by atomic mass is 9.73. The summed E-state index contributed by atoms with van der Waals surface area (Å²) in [6.45, 7) is 7.38. The van der Waals surface area contributed by atoms with Gasteiger partial charge in [-0.25, -0.2) is 23.9 Å². The van der Waals surface area contributed by atoms with E-state index >= 15 is 0 Å². The third kappa shape index (κ3) is 6.60. The summed E-state index contributed by atoms with van der Waals surface area (Å²) in [6.07, 6.45) is 5.89. The van der Waals surface area contributed by atoms with Gasteiger partial charge >= 0.3 is 0 Å². The van der Waals surface area contributed by atoms with E-state index in [0.29, 0.717) is 26.6 Å². The molecule has 5 rings (SSSR count). The van der Waals surface area contributed by atoms with Crippen LogP contribution in [0.3, 0.4) is 0 Å². The molecular formula is C30H35ClN8O2S2. The van der Waals surface area contributed by atoms with Gasteiger partial charge in [-0.05, 0) is 74.8 Å². The van der Waals surface area contributed by atoms with Gasteiger partial charge in [-0.1, -0.05) is 35.3 Å². The second kappa shape index (κ2) is 12.3. The summed E-state index contributed by atoms with van der Waals surface area (Å²) in [6, 6.07) is 7.71. The Kier molecular flexibility index (Phi) is 8.90. The number of rotatable bonds is 5. The van der Waals surface area contributed by atoms with E-state index in [2.05, 4.69) is 47.8 Å². The third-order valence-corrected chi connectivity index (χ3v) is 11.0. The van der Waals surface area contributed by atoms with E-state index in [1.807, 2.05) is 32.9 Å². The zero-order valence-corrected chi connectivity index (χ0v) is 26.9. The van der Waals surface area contributed by atoms with E-state index in [1.165, 1.54) is 17.3 Å². The van der Waals surface area contributed by atoms with Crippen molar-refractivity contribution in [3.05, 3.63) is 58.4 Å². The number of hydrogen-bond acceptors (Lipinski definition) is 9. The maximum atomic E-state index is 13.4. The molecule has 1 amide bonds. The normalized spacial score (nSPS) is 18.1. The van der Waals surface area contributed by atoms with Crippen molar-refractivity contribution in [2.24, 2.45) is 5.41 Å². The van der Waals surface area contributed by atoms with Crippen molar-refractivity contribution >= 4 is 57.7 Å². The Hall–Kier alpha value is -3.37. The maximum absolute atomic E-state index is 13.4. The number of hydrogen-bond donors (Lipinski definition) is 4. The highest BCUT2D eigenvalue weighted by Gasteiger charge is 2.49. The summed E-state index contributed by atoms with van der Waals surface area (Å²) in [5.74, 6) is 6.51. The minimum absolute atomic E-state index is 0.126. The number of nitrogens with zero attached hydrogens (tertiary/aromatic N) is 4. The number of nitrogens with two attached hydrogens (primary N) is 2. The molecule has 1 aliphatic heterocycles. The molecule has 0 radical (unpaired) electrons. The molecule has 1 aromatic carbocycles.